The summed E-state index contributed by atoms with van der Waals surface area (Å²) in [5.74, 6) is 1.48. The fraction of sp³-hybridized carbons (Fsp3) is 0.350. The highest BCUT2D eigenvalue weighted by atomic mass is 16.4. The minimum absolute atomic E-state index is 0.0915. The van der Waals surface area contributed by atoms with Gasteiger partial charge in [-0.15, -0.1) is 10.2 Å². The van der Waals surface area contributed by atoms with Crippen LogP contribution in [-0.2, 0) is 11.3 Å². The van der Waals surface area contributed by atoms with Gasteiger partial charge in [0.25, 0.3) is 5.89 Å². The van der Waals surface area contributed by atoms with E-state index in [0.29, 0.717) is 17.7 Å². The van der Waals surface area contributed by atoms with E-state index in [9.17, 15) is 4.79 Å². The van der Waals surface area contributed by atoms with E-state index in [1.54, 1.807) is 0 Å². The lowest BCUT2D eigenvalue weighted by atomic mass is 9.85. The summed E-state index contributed by atoms with van der Waals surface area (Å²) in [6.07, 6.45) is 5.29. The molecule has 0 unspecified atom stereocenters. The third kappa shape index (κ3) is 3.40. The second-order valence-electron chi connectivity index (χ2n) is 7.02. The number of benzene rings is 1. The number of rotatable bonds is 5. The van der Waals surface area contributed by atoms with E-state index in [0.717, 1.165) is 35.3 Å². The standard InChI is InChI=1S/C20H22N4O2/c1-13-9-14(2)11-16(10-13)21-18(25)12-24-8-4-7-17(24)20-23-22-19(26-20)15-5-3-6-15/h4,7-11,15H,3,5-6,12H2,1-2H3,(H,21,25). The molecular formula is C20H22N4O2. The van der Waals surface area contributed by atoms with Crippen LogP contribution in [0.3, 0.4) is 0 Å². The highest BCUT2D eigenvalue weighted by molar-refractivity contribution is 5.91. The van der Waals surface area contributed by atoms with Crippen LogP contribution in [0, 0.1) is 13.8 Å². The van der Waals surface area contributed by atoms with Crippen molar-refractivity contribution in [1.82, 2.24) is 14.8 Å². The molecule has 0 aliphatic heterocycles. The van der Waals surface area contributed by atoms with Gasteiger partial charge in [0.1, 0.15) is 12.2 Å². The van der Waals surface area contributed by atoms with E-state index in [-0.39, 0.29) is 12.5 Å². The molecule has 0 radical (unpaired) electrons. The fourth-order valence-electron chi connectivity index (χ4n) is 3.31. The quantitative estimate of drug-likeness (QED) is 0.753. The first-order valence-electron chi connectivity index (χ1n) is 8.95. The summed E-state index contributed by atoms with van der Waals surface area (Å²) in [7, 11) is 0. The van der Waals surface area contributed by atoms with Gasteiger partial charge in [-0.1, -0.05) is 12.5 Å². The van der Waals surface area contributed by atoms with Crippen LogP contribution in [0.1, 0.15) is 42.2 Å². The zero-order chi connectivity index (χ0) is 18.1. The van der Waals surface area contributed by atoms with Gasteiger partial charge in [-0.05, 0) is 62.1 Å². The summed E-state index contributed by atoms with van der Waals surface area (Å²) >= 11 is 0. The molecule has 1 aliphatic carbocycles. The minimum Gasteiger partial charge on any atom is -0.419 e. The first-order chi connectivity index (χ1) is 12.6. The number of carbonyl (C=O) groups is 1. The summed E-state index contributed by atoms with van der Waals surface area (Å²) in [5.41, 5.74) is 3.82. The zero-order valence-electron chi connectivity index (χ0n) is 15.0. The van der Waals surface area contributed by atoms with Crippen LogP contribution in [0.2, 0.25) is 0 Å². The monoisotopic (exact) mass is 350 g/mol. The molecule has 4 rings (SSSR count). The lowest BCUT2D eigenvalue weighted by molar-refractivity contribution is -0.116. The van der Waals surface area contributed by atoms with Crippen molar-refractivity contribution in [3.8, 4) is 11.6 Å². The maximum Gasteiger partial charge on any atom is 0.264 e. The molecule has 0 saturated heterocycles. The number of hydrogen-bond acceptors (Lipinski definition) is 4. The van der Waals surface area contributed by atoms with E-state index in [1.807, 2.05) is 48.9 Å². The van der Waals surface area contributed by atoms with Gasteiger partial charge in [0.2, 0.25) is 11.8 Å². The SMILES string of the molecule is Cc1cc(C)cc(NC(=O)Cn2cccc2-c2nnc(C3CCC3)o2)c1. The number of carbonyl (C=O) groups excluding carboxylic acids is 1. The smallest absolute Gasteiger partial charge is 0.264 e. The van der Waals surface area contributed by atoms with E-state index in [4.69, 9.17) is 4.42 Å². The number of nitrogens with one attached hydrogen (secondary N) is 1. The van der Waals surface area contributed by atoms with Gasteiger partial charge in [-0.2, -0.15) is 0 Å². The molecule has 26 heavy (non-hydrogen) atoms. The van der Waals surface area contributed by atoms with Gasteiger partial charge in [0.15, 0.2) is 0 Å². The summed E-state index contributed by atoms with van der Waals surface area (Å²) in [6, 6.07) is 9.78. The van der Waals surface area contributed by atoms with Crippen LogP contribution in [0.5, 0.6) is 0 Å². The van der Waals surface area contributed by atoms with Crippen molar-refractivity contribution in [2.45, 2.75) is 45.6 Å². The maximum absolute atomic E-state index is 12.5. The maximum atomic E-state index is 12.5. The molecule has 134 valence electrons. The molecule has 1 amide bonds. The Morgan fingerprint density at radius 1 is 1.23 bits per heavy atom. The first kappa shape index (κ1) is 16.6. The Hall–Kier alpha value is -2.89. The van der Waals surface area contributed by atoms with Gasteiger partial charge in [0.05, 0.1) is 0 Å². The van der Waals surface area contributed by atoms with Crippen LogP contribution in [0.4, 0.5) is 5.69 Å². The van der Waals surface area contributed by atoms with E-state index in [2.05, 4.69) is 21.6 Å². The second kappa shape index (κ2) is 6.78. The van der Waals surface area contributed by atoms with E-state index < -0.39 is 0 Å². The molecule has 1 N–H and O–H groups in total. The number of anilines is 1. The van der Waals surface area contributed by atoms with Crippen molar-refractivity contribution in [3.05, 3.63) is 53.5 Å². The summed E-state index contributed by atoms with van der Waals surface area (Å²) in [4.78, 5) is 12.5. The van der Waals surface area contributed by atoms with E-state index in [1.165, 1.54) is 6.42 Å². The predicted molar refractivity (Wildman–Crippen MR) is 98.9 cm³/mol. The molecule has 0 spiro atoms. The molecule has 6 nitrogen and oxygen atoms in total. The Morgan fingerprint density at radius 3 is 2.69 bits per heavy atom. The number of nitrogens with zero attached hydrogens (tertiary/aromatic N) is 3. The molecule has 1 fully saturated rings. The van der Waals surface area contributed by atoms with Crippen LogP contribution in [-0.4, -0.2) is 20.7 Å². The fourth-order valence-corrected chi connectivity index (χ4v) is 3.31. The zero-order valence-corrected chi connectivity index (χ0v) is 15.0. The van der Waals surface area contributed by atoms with Crippen molar-refractivity contribution >= 4 is 11.6 Å². The molecule has 6 heteroatoms. The Balaban J connectivity index is 1.48. The van der Waals surface area contributed by atoms with Crippen molar-refractivity contribution in [1.29, 1.82) is 0 Å². The molecule has 0 bridgehead atoms. The number of amides is 1. The molecular weight excluding hydrogens is 328 g/mol. The van der Waals surface area contributed by atoms with Crippen LogP contribution in [0.15, 0.2) is 40.9 Å². The van der Waals surface area contributed by atoms with Crippen molar-refractivity contribution in [3.63, 3.8) is 0 Å². The average Bonchev–Trinajstić information content (AvgIpc) is 3.13. The Bertz CT molecular complexity index is 917. The van der Waals surface area contributed by atoms with Crippen LogP contribution < -0.4 is 5.32 Å². The molecule has 3 aromatic rings. The summed E-state index contributed by atoms with van der Waals surface area (Å²) in [6.45, 7) is 4.22. The second-order valence-corrected chi connectivity index (χ2v) is 7.02. The lowest BCUT2D eigenvalue weighted by Gasteiger charge is -2.20. The molecule has 1 aromatic carbocycles. The van der Waals surface area contributed by atoms with Gasteiger partial charge in [0, 0.05) is 17.8 Å². The van der Waals surface area contributed by atoms with Crippen LogP contribution >= 0.6 is 0 Å². The third-order valence-electron chi connectivity index (χ3n) is 4.76. The Kier molecular flexibility index (Phi) is 4.32. The number of aromatic nitrogens is 3. The minimum atomic E-state index is -0.0915. The molecule has 2 heterocycles. The Labute approximate surface area is 152 Å². The highest BCUT2D eigenvalue weighted by Crippen LogP contribution is 2.36. The summed E-state index contributed by atoms with van der Waals surface area (Å²) in [5, 5.41) is 11.3. The molecule has 1 aliphatic rings. The highest BCUT2D eigenvalue weighted by Gasteiger charge is 2.26. The molecule has 2 aromatic heterocycles. The van der Waals surface area contributed by atoms with Crippen molar-refractivity contribution in [2.75, 3.05) is 5.32 Å². The van der Waals surface area contributed by atoms with Crippen molar-refractivity contribution in [2.24, 2.45) is 0 Å². The number of hydrogen-bond donors (Lipinski definition) is 1. The Morgan fingerprint density at radius 2 is 2.00 bits per heavy atom. The normalized spacial score (nSPS) is 14.2. The third-order valence-corrected chi connectivity index (χ3v) is 4.76. The lowest BCUT2D eigenvalue weighted by Crippen LogP contribution is -2.19. The largest absolute Gasteiger partial charge is 0.419 e. The van der Waals surface area contributed by atoms with Gasteiger partial charge < -0.3 is 14.3 Å². The summed E-state index contributed by atoms with van der Waals surface area (Å²) < 4.78 is 7.66. The van der Waals surface area contributed by atoms with E-state index >= 15 is 0 Å². The van der Waals surface area contributed by atoms with Crippen molar-refractivity contribution < 1.29 is 9.21 Å². The predicted octanol–water partition coefficient (Wildman–Crippen LogP) is 4.06. The average molecular weight is 350 g/mol. The first-order valence-corrected chi connectivity index (χ1v) is 8.95. The van der Waals surface area contributed by atoms with Gasteiger partial charge in [-0.3, -0.25) is 4.79 Å². The molecule has 1 saturated carbocycles. The molecule has 0 atom stereocenters. The topological polar surface area (TPSA) is 73.0 Å². The van der Waals surface area contributed by atoms with Gasteiger partial charge in [-0.25, -0.2) is 0 Å². The van der Waals surface area contributed by atoms with Gasteiger partial charge >= 0.3 is 0 Å². The van der Waals surface area contributed by atoms with Crippen LogP contribution in [0.25, 0.3) is 11.6 Å². The number of aryl methyl sites for hydroxylation is 2.